The molecule has 1 heterocycles. The van der Waals surface area contributed by atoms with Gasteiger partial charge in [0, 0.05) is 18.1 Å². The molecule has 0 bridgehead atoms. The number of anilines is 1. The molecule has 2 aromatic carbocycles. The number of hydrogen-bond donors (Lipinski definition) is 1. The normalized spacial score (nSPS) is 10.8. The monoisotopic (exact) mass is 518 g/mol. The lowest BCUT2D eigenvalue weighted by molar-refractivity contribution is 0.439. The van der Waals surface area contributed by atoms with E-state index in [1.807, 2.05) is 42.5 Å². The zero-order valence-electron chi connectivity index (χ0n) is 10.6. The zero-order valence-corrected chi connectivity index (χ0v) is 15.9. The van der Waals surface area contributed by atoms with Crippen molar-refractivity contribution < 1.29 is 4.52 Å². The van der Waals surface area contributed by atoms with Gasteiger partial charge in [0.2, 0.25) is 5.88 Å². The van der Waals surface area contributed by atoms with Crippen molar-refractivity contribution in [3.63, 3.8) is 0 Å². The summed E-state index contributed by atoms with van der Waals surface area (Å²) < 4.78 is 8.31. The summed E-state index contributed by atoms with van der Waals surface area (Å²) in [4.78, 5) is 0. The van der Waals surface area contributed by atoms with Gasteiger partial charge in [0.05, 0.1) is 5.56 Å². The zero-order chi connectivity index (χ0) is 15.0. The molecule has 21 heavy (non-hydrogen) atoms. The summed E-state index contributed by atoms with van der Waals surface area (Å²) >= 11 is 9.21. The lowest BCUT2D eigenvalue weighted by Crippen LogP contribution is -1.89. The third kappa shape index (κ3) is 3.02. The topological polar surface area (TPSA) is 52.0 Å². The molecule has 0 saturated heterocycles. The fourth-order valence-electron chi connectivity index (χ4n) is 2.06. The van der Waals surface area contributed by atoms with E-state index in [-0.39, 0.29) is 0 Å². The number of nitrogens with zero attached hydrogens (tertiary/aromatic N) is 1. The van der Waals surface area contributed by atoms with Crippen molar-refractivity contribution in [3.8, 4) is 22.4 Å². The lowest BCUT2D eigenvalue weighted by atomic mass is 10.0. The molecular formula is C15H9Br2IN2O. The van der Waals surface area contributed by atoms with Crippen molar-refractivity contribution >= 4 is 60.3 Å². The molecule has 0 radical (unpaired) electrons. The van der Waals surface area contributed by atoms with E-state index in [0.717, 1.165) is 34.9 Å². The number of nitrogen functional groups attached to an aromatic ring is 1. The Hall–Kier alpha value is -0.860. The van der Waals surface area contributed by atoms with Crippen LogP contribution >= 0.6 is 54.5 Å². The highest BCUT2D eigenvalue weighted by Gasteiger charge is 2.19. The van der Waals surface area contributed by atoms with E-state index in [4.69, 9.17) is 10.3 Å². The average molecular weight is 520 g/mol. The van der Waals surface area contributed by atoms with E-state index >= 15 is 0 Å². The number of halogens is 3. The van der Waals surface area contributed by atoms with Gasteiger partial charge in [-0.1, -0.05) is 49.1 Å². The summed E-state index contributed by atoms with van der Waals surface area (Å²) in [6, 6.07) is 13.9. The van der Waals surface area contributed by atoms with Crippen molar-refractivity contribution in [1.82, 2.24) is 5.16 Å². The molecule has 0 atom stereocenters. The Balaban J connectivity index is 2.21. The van der Waals surface area contributed by atoms with Crippen molar-refractivity contribution in [2.45, 2.75) is 0 Å². The first-order valence-corrected chi connectivity index (χ1v) is 8.69. The van der Waals surface area contributed by atoms with Crippen LogP contribution in [0.15, 0.2) is 55.9 Å². The Bertz CT molecular complexity index is 800. The highest BCUT2D eigenvalue weighted by atomic mass is 127. The van der Waals surface area contributed by atoms with Gasteiger partial charge in [-0.05, 0) is 58.5 Å². The molecule has 3 aromatic rings. The Morgan fingerprint density at radius 1 is 1.00 bits per heavy atom. The van der Waals surface area contributed by atoms with Crippen LogP contribution in [0.1, 0.15) is 0 Å². The fourth-order valence-corrected chi connectivity index (χ4v) is 3.28. The van der Waals surface area contributed by atoms with Crippen LogP contribution in [-0.4, -0.2) is 5.16 Å². The summed E-state index contributed by atoms with van der Waals surface area (Å²) in [5.41, 5.74) is 9.51. The van der Waals surface area contributed by atoms with E-state index in [1.54, 1.807) is 0 Å². The molecular weight excluding hydrogens is 511 g/mol. The van der Waals surface area contributed by atoms with Crippen molar-refractivity contribution in [2.24, 2.45) is 0 Å². The Kier molecular flexibility index (Phi) is 4.37. The largest absolute Gasteiger partial charge is 0.367 e. The summed E-state index contributed by atoms with van der Waals surface area (Å²) in [5, 5.41) is 4.15. The lowest BCUT2D eigenvalue weighted by Gasteiger charge is -2.06. The molecule has 0 spiro atoms. The molecule has 2 N–H and O–H groups in total. The first kappa shape index (κ1) is 15.1. The predicted molar refractivity (Wildman–Crippen MR) is 99.9 cm³/mol. The molecule has 1 aromatic heterocycles. The second-order valence-corrected chi connectivity index (χ2v) is 7.40. The molecule has 0 fully saturated rings. The van der Waals surface area contributed by atoms with Gasteiger partial charge in [0.15, 0.2) is 0 Å². The minimum Gasteiger partial charge on any atom is -0.367 e. The third-order valence-electron chi connectivity index (χ3n) is 3.03. The van der Waals surface area contributed by atoms with Gasteiger partial charge in [0.1, 0.15) is 5.69 Å². The third-order valence-corrected chi connectivity index (χ3v) is 5.00. The first-order valence-electron chi connectivity index (χ1n) is 6.03. The highest BCUT2D eigenvalue weighted by Crippen LogP contribution is 2.39. The van der Waals surface area contributed by atoms with Gasteiger partial charge in [-0.3, -0.25) is 0 Å². The highest BCUT2D eigenvalue weighted by molar-refractivity contribution is 14.1. The molecule has 0 aliphatic heterocycles. The number of aromatic nitrogens is 1. The van der Waals surface area contributed by atoms with E-state index in [9.17, 15) is 0 Å². The van der Waals surface area contributed by atoms with Crippen LogP contribution in [0, 0.1) is 3.57 Å². The molecule has 106 valence electrons. The minimum atomic E-state index is 0.322. The second kappa shape index (κ2) is 6.10. The van der Waals surface area contributed by atoms with E-state index in [1.165, 1.54) is 0 Å². The molecule has 0 aliphatic carbocycles. The van der Waals surface area contributed by atoms with Gasteiger partial charge >= 0.3 is 0 Å². The van der Waals surface area contributed by atoms with Crippen LogP contribution in [0.3, 0.4) is 0 Å². The maximum Gasteiger partial charge on any atom is 0.230 e. The molecule has 0 amide bonds. The molecule has 0 saturated carbocycles. The summed E-state index contributed by atoms with van der Waals surface area (Å²) in [6.07, 6.45) is 0. The van der Waals surface area contributed by atoms with Gasteiger partial charge in [-0.2, -0.15) is 0 Å². The van der Waals surface area contributed by atoms with Crippen molar-refractivity contribution in [1.29, 1.82) is 0 Å². The van der Waals surface area contributed by atoms with Crippen LogP contribution in [-0.2, 0) is 0 Å². The van der Waals surface area contributed by atoms with Crippen LogP contribution in [0.5, 0.6) is 0 Å². The van der Waals surface area contributed by atoms with E-state index < -0.39 is 0 Å². The second-order valence-electron chi connectivity index (χ2n) is 4.40. The Morgan fingerprint density at radius 2 is 1.67 bits per heavy atom. The quantitative estimate of drug-likeness (QED) is 0.441. The van der Waals surface area contributed by atoms with Crippen LogP contribution < -0.4 is 5.73 Å². The standard InChI is InChI=1S/C15H9Br2IN2O/c16-9-3-1-8(2-4-9)13-14(20-21-15(13)19)11-7-10(17)5-6-12(11)18/h1-7H,19H2. The van der Waals surface area contributed by atoms with Crippen molar-refractivity contribution in [2.75, 3.05) is 5.73 Å². The Morgan fingerprint density at radius 3 is 2.38 bits per heavy atom. The summed E-state index contributed by atoms with van der Waals surface area (Å²) in [6.45, 7) is 0. The summed E-state index contributed by atoms with van der Waals surface area (Å²) in [5.74, 6) is 0.322. The molecule has 6 heteroatoms. The van der Waals surface area contributed by atoms with Gasteiger partial charge in [-0.25, -0.2) is 0 Å². The van der Waals surface area contributed by atoms with Gasteiger partial charge in [0.25, 0.3) is 0 Å². The van der Waals surface area contributed by atoms with Crippen molar-refractivity contribution in [3.05, 3.63) is 55.0 Å². The molecule has 3 rings (SSSR count). The van der Waals surface area contributed by atoms with E-state index in [0.29, 0.717) is 5.88 Å². The number of nitrogens with two attached hydrogens (primary N) is 1. The molecule has 3 nitrogen and oxygen atoms in total. The fraction of sp³-hybridized carbons (Fsp3) is 0. The number of hydrogen-bond acceptors (Lipinski definition) is 3. The molecule has 0 unspecified atom stereocenters. The number of benzene rings is 2. The Labute approximate surface area is 152 Å². The van der Waals surface area contributed by atoms with Gasteiger partial charge < -0.3 is 10.3 Å². The maximum absolute atomic E-state index is 5.98. The summed E-state index contributed by atoms with van der Waals surface area (Å²) in [7, 11) is 0. The predicted octanol–water partition coefficient (Wildman–Crippen LogP) is 5.72. The van der Waals surface area contributed by atoms with Crippen LogP contribution in [0.25, 0.3) is 22.4 Å². The van der Waals surface area contributed by atoms with Gasteiger partial charge in [-0.15, -0.1) is 0 Å². The smallest absolute Gasteiger partial charge is 0.230 e. The van der Waals surface area contributed by atoms with Crippen LogP contribution in [0.2, 0.25) is 0 Å². The first-order chi connectivity index (χ1) is 10.1. The maximum atomic E-state index is 5.98. The molecule has 0 aliphatic rings. The minimum absolute atomic E-state index is 0.322. The SMILES string of the molecule is Nc1onc(-c2cc(Br)ccc2I)c1-c1ccc(Br)cc1. The number of rotatable bonds is 2. The van der Waals surface area contributed by atoms with E-state index in [2.05, 4.69) is 59.6 Å². The van der Waals surface area contributed by atoms with Crippen LogP contribution in [0.4, 0.5) is 5.88 Å². The average Bonchev–Trinajstić information content (AvgIpc) is 2.84.